The number of nitrogens with one attached hydrogen (secondary N) is 3. The average molecular weight is 734 g/mol. The van der Waals surface area contributed by atoms with Crippen LogP contribution in [0.2, 0.25) is 0 Å². The molecule has 3 rings (SSSR count). The molecule has 1 aliphatic carbocycles. The first-order valence-electron chi connectivity index (χ1n) is 20.4. The van der Waals surface area contributed by atoms with Crippen molar-refractivity contribution >= 4 is 23.9 Å². The number of hydrogen-bond acceptors (Lipinski definition) is 6. The monoisotopic (exact) mass is 734 g/mol. The molecule has 1 aliphatic rings. The third kappa shape index (κ3) is 16.8. The second-order valence-corrected chi connectivity index (χ2v) is 15.7. The topological polar surface area (TPSA) is 123 Å². The lowest BCUT2D eigenvalue weighted by atomic mass is 9.98. The number of amides is 3. The zero-order chi connectivity index (χ0) is 38.5. The van der Waals surface area contributed by atoms with Crippen molar-refractivity contribution in [2.45, 2.75) is 167 Å². The summed E-state index contributed by atoms with van der Waals surface area (Å²) in [5.74, 6) is -0.863. The number of fused-ring (bicyclic) bond motifs is 3. The Balaban J connectivity index is 1.28. The molecule has 2 aromatic rings. The lowest BCUT2D eigenvalue weighted by Crippen LogP contribution is -2.44. The Morgan fingerprint density at radius 3 is 1.83 bits per heavy atom. The molecular weight excluding hydrogens is 666 g/mol. The number of benzene rings is 2. The molecule has 294 valence electrons. The summed E-state index contributed by atoms with van der Waals surface area (Å²) in [6.45, 7) is 10.3. The smallest absolute Gasteiger partial charge is 0.407 e. The van der Waals surface area contributed by atoms with E-state index in [1.807, 2.05) is 31.2 Å². The molecule has 3 N–H and O–H groups in total. The summed E-state index contributed by atoms with van der Waals surface area (Å²) in [6.07, 6.45) is 15.7. The summed E-state index contributed by atoms with van der Waals surface area (Å²) in [5.41, 5.74) is 4.04. The molecule has 0 unspecified atom stereocenters. The van der Waals surface area contributed by atoms with Crippen molar-refractivity contribution < 1.29 is 28.7 Å². The van der Waals surface area contributed by atoms with Gasteiger partial charge in [0.2, 0.25) is 11.8 Å². The van der Waals surface area contributed by atoms with Gasteiger partial charge in [-0.2, -0.15) is 0 Å². The molecule has 53 heavy (non-hydrogen) atoms. The van der Waals surface area contributed by atoms with Gasteiger partial charge in [-0.15, -0.1) is 0 Å². The van der Waals surface area contributed by atoms with Crippen LogP contribution in [-0.4, -0.2) is 54.7 Å². The number of carbonyl (C=O) groups excluding carboxylic acids is 4. The van der Waals surface area contributed by atoms with E-state index in [2.05, 4.69) is 47.1 Å². The van der Waals surface area contributed by atoms with Crippen molar-refractivity contribution in [3.63, 3.8) is 0 Å². The molecule has 0 saturated heterocycles. The van der Waals surface area contributed by atoms with E-state index in [4.69, 9.17) is 9.47 Å². The Bertz CT molecular complexity index is 1370. The first kappa shape index (κ1) is 43.5. The molecule has 2 atom stereocenters. The van der Waals surface area contributed by atoms with Gasteiger partial charge in [0.15, 0.2) is 0 Å². The molecule has 0 bridgehead atoms. The number of carbonyl (C=O) groups is 4. The fraction of sp³-hybridized carbons (Fsp3) is 0.636. The van der Waals surface area contributed by atoms with Gasteiger partial charge in [0.05, 0.1) is 0 Å². The maximum absolute atomic E-state index is 12.9. The first-order valence-corrected chi connectivity index (χ1v) is 20.4. The van der Waals surface area contributed by atoms with E-state index >= 15 is 0 Å². The van der Waals surface area contributed by atoms with E-state index < -0.39 is 23.7 Å². The summed E-state index contributed by atoms with van der Waals surface area (Å²) < 4.78 is 11.2. The zero-order valence-electron chi connectivity index (χ0n) is 33.2. The Morgan fingerprint density at radius 1 is 0.679 bits per heavy atom. The summed E-state index contributed by atoms with van der Waals surface area (Å²) in [4.78, 5) is 50.9. The van der Waals surface area contributed by atoms with E-state index in [0.717, 1.165) is 38.5 Å². The molecule has 9 heteroatoms. The van der Waals surface area contributed by atoms with Gasteiger partial charge >= 0.3 is 12.1 Å². The van der Waals surface area contributed by atoms with Crippen LogP contribution in [0, 0.1) is 0 Å². The molecule has 3 amide bonds. The van der Waals surface area contributed by atoms with E-state index in [9.17, 15) is 19.2 Å². The van der Waals surface area contributed by atoms with Gasteiger partial charge in [0.25, 0.3) is 0 Å². The molecule has 9 nitrogen and oxygen atoms in total. The molecule has 0 saturated carbocycles. The van der Waals surface area contributed by atoms with Crippen molar-refractivity contribution in [2.75, 3.05) is 13.2 Å². The molecular formula is C44H67N3O6. The minimum absolute atomic E-state index is 0.0157. The average Bonchev–Trinajstić information content (AvgIpc) is 3.44. The van der Waals surface area contributed by atoms with E-state index in [1.54, 1.807) is 20.8 Å². The lowest BCUT2D eigenvalue weighted by molar-refractivity contribution is -0.158. The van der Waals surface area contributed by atoms with Crippen molar-refractivity contribution in [1.29, 1.82) is 0 Å². The third-order valence-electron chi connectivity index (χ3n) is 9.79. The van der Waals surface area contributed by atoms with Gasteiger partial charge in [-0.3, -0.25) is 9.59 Å². The van der Waals surface area contributed by atoms with Crippen LogP contribution in [0.3, 0.4) is 0 Å². The van der Waals surface area contributed by atoms with Gasteiger partial charge in [-0.1, -0.05) is 120 Å². The molecule has 0 spiro atoms. The molecule has 0 radical (unpaired) electrons. The van der Waals surface area contributed by atoms with Crippen molar-refractivity contribution in [2.24, 2.45) is 0 Å². The Labute approximate surface area is 319 Å². The van der Waals surface area contributed by atoms with Crippen LogP contribution in [0.1, 0.15) is 161 Å². The number of rotatable bonds is 25. The van der Waals surface area contributed by atoms with E-state index in [-0.39, 0.29) is 43.2 Å². The van der Waals surface area contributed by atoms with Gasteiger partial charge in [-0.05, 0) is 82.1 Å². The highest BCUT2D eigenvalue weighted by Gasteiger charge is 2.29. The van der Waals surface area contributed by atoms with E-state index in [1.165, 1.54) is 73.6 Å². The second-order valence-electron chi connectivity index (χ2n) is 15.7. The molecule has 0 heterocycles. The van der Waals surface area contributed by atoms with Gasteiger partial charge < -0.3 is 25.4 Å². The minimum Gasteiger partial charge on any atom is -0.458 e. The third-order valence-corrected chi connectivity index (χ3v) is 9.79. The van der Waals surface area contributed by atoms with Crippen LogP contribution in [0.15, 0.2) is 48.5 Å². The molecule has 0 aromatic heterocycles. The summed E-state index contributed by atoms with van der Waals surface area (Å²) in [7, 11) is 0. The Kier molecular flexibility index (Phi) is 19.5. The predicted octanol–water partition coefficient (Wildman–Crippen LogP) is 9.51. The number of hydrogen-bond donors (Lipinski definition) is 3. The Hall–Kier alpha value is -3.88. The number of unbranched alkanes of at least 4 members (excludes halogenated alkanes) is 11. The minimum atomic E-state index is -0.870. The maximum Gasteiger partial charge on any atom is 0.407 e. The zero-order valence-corrected chi connectivity index (χ0v) is 33.2. The maximum atomic E-state index is 12.9. The van der Waals surface area contributed by atoms with Crippen LogP contribution < -0.4 is 16.0 Å². The summed E-state index contributed by atoms with van der Waals surface area (Å²) >= 11 is 0. The van der Waals surface area contributed by atoms with Crippen LogP contribution >= 0.6 is 0 Å². The second kappa shape index (κ2) is 23.7. The van der Waals surface area contributed by atoms with Crippen LogP contribution in [0.5, 0.6) is 0 Å². The first-order chi connectivity index (χ1) is 25.5. The van der Waals surface area contributed by atoms with Crippen LogP contribution in [0.4, 0.5) is 4.79 Å². The standard InChI is InChI=1S/C44H67N3O6/c1-6-7-8-9-10-11-12-13-14-15-16-28-41(49)47-39(42(50)53-44(3,4)5)29-30-40(48)45-31-22-21-23-33(2)46-43(51)52-32-38-36-26-19-17-24-34(36)35-25-18-20-27-37(35)38/h17-20,24-27,33,38-39H,6-16,21-23,28-32H2,1-5H3,(H,45,48)(H,46,51)(H,47,49)/t33-,39-/m0/s1. The van der Waals surface area contributed by atoms with Crippen molar-refractivity contribution in [3.8, 4) is 11.1 Å². The largest absolute Gasteiger partial charge is 0.458 e. The highest BCUT2D eigenvalue weighted by Crippen LogP contribution is 2.44. The number of esters is 1. The van der Waals surface area contributed by atoms with Crippen molar-refractivity contribution in [3.05, 3.63) is 59.7 Å². The van der Waals surface area contributed by atoms with Gasteiger partial charge in [-0.25, -0.2) is 9.59 Å². The van der Waals surface area contributed by atoms with Crippen molar-refractivity contribution in [1.82, 2.24) is 16.0 Å². The van der Waals surface area contributed by atoms with E-state index in [0.29, 0.717) is 13.0 Å². The fourth-order valence-corrected chi connectivity index (χ4v) is 6.92. The predicted molar refractivity (Wildman–Crippen MR) is 213 cm³/mol. The highest BCUT2D eigenvalue weighted by atomic mass is 16.6. The molecule has 2 aromatic carbocycles. The Morgan fingerprint density at radius 2 is 1.25 bits per heavy atom. The normalized spacial score (nSPS) is 13.4. The lowest BCUT2D eigenvalue weighted by Gasteiger charge is -2.24. The van der Waals surface area contributed by atoms with Gasteiger partial charge in [0.1, 0.15) is 18.2 Å². The van der Waals surface area contributed by atoms with Crippen LogP contribution in [-0.2, 0) is 23.9 Å². The summed E-state index contributed by atoms with van der Waals surface area (Å²) in [6, 6.07) is 15.6. The number of alkyl carbamates (subject to hydrolysis) is 1. The van der Waals surface area contributed by atoms with Gasteiger partial charge in [0, 0.05) is 31.3 Å². The SMILES string of the molecule is CCCCCCCCCCCCCC(=O)N[C@@H](CCC(=O)NCCCC[C@H](C)NC(=O)OCC1c2ccccc2-c2ccccc21)C(=O)OC(C)(C)C. The van der Waals surface area contributed by atoms with Crippen LogP contribution in [0.25, 0.3) is 11.1 Å². The number of ether oxygens (including phenoxy) is 2. The molecule has 0 aliphatic heterocycles. The quantitative estimate of drug-likeness (QED) is 0.0690. The summed E-state index contributed by atoms with van der Waals surface area (Å²) in [5, 5.41) is 8.68. The molecule has 0 fully saturated rings. The fourth-order valence-electron chi connectivity index (χ4n) is 6.92. The highest BCUT2D eigenvalue weighted by molar-refractivity contribution is 5.85.